The van der Waals surface area contributed by atoms with Crippen LogP contribution in [0.2, 0.25) is 0 Å². The van der Waals surface area contributed by atoms with Gasteiger partial charge in [0, 0.05) is 12.1 Å². The van der Waals surface area contributed by atoms with Gasteiger partial charge in [-0.1, -0.05) is 12.1 Å². The van der Waals surface area contributed by atoms with E-state index in [4.69, 9.17) is 10.5 Å². The van der Waals surface area contributed by atoms with Crippen LogP contribution in [-0.4, -0.2) is 17.4 Å². The Morgan fingerprint density at radius 1 is 1.20 bits per heavy atom. The molecule has 1 aromatic heterocycles. The lowest BCUT2D eigenvalue weighted by atomic mass is 10.1. The molecule has 3 aromatic rings. The first-order chi connectivity index (χ1) is 12.1. The summed E-state index contributed by atoms with van der Waals surface area (Å²) in [4.78, 5) is 12.7. The van der Waals surface area contributed by atoms with Crippen molar-refractivity contribution in [3.05, 3.63) is 64.8 Å². The number of benzene rings is 2. The van der Waals surface area contributed by atoms with E-state index in [1.54, 1.807) is 19.2 Å². The molecule has 0 saturated heterocycles. The van der Waals surface area contributed by atoms with Gasteiger partial charge in [-0.05, 0) is 53.5 Å². The highest BCUT2D eigenvalue weighted by molar-refractivity contribution is 7.09. The highest BCUT2D eigenvalue weighted by Gasteiger charge is 2.18. The zero-order chi connectivity index (χ0) is 17.8. The molecule has 0 spiro atoms. The second-order valence-corrected chi connectivity index (χ2v) is 6.09. The number of halogens is 1. The maximum absolute atomic E-state index is 12.9. The Bertz CT molecular complexity index is 876. The minimum absolute atomic E-state index is 0.286. The van der Waals surface area contributed by atoms with Gasteiger partial charge in [-0.2, -0.15) is 4.37 Å². The predicted octanol–water partition coefficient (Wildman–Crippen LogP) is 3.47. The molecule has 2 aromatic carbocycles. The summed E-state index contributed by atoms with van der Waals surface area (Å²) in [5, 5.41) is 2.77. The van der Waals surface area contributed by atoms with Crippen LogP contribution in [0.5, 0.6) is 5.75 Å². The standard InChI is InChI=1S/C18H16FN3O2S/c1-24-14-8-4-12(5-9-14)16-15(20)17(25-22-16)18(23)21-10-11-2-6-13(19)7-3-11/h2-9H,10,20H2,1H3,(H,21,23). The third-order valence-electron chi connectivity index (χ3n) is 3.66. The van der Waals surface area contributed by atoms with Gasteiger partial charge in [0.1, 0.15) is 22.1 Å². The number of aromatic nitrogens is 1. The number of nitrogens with one attached hydrogen (secondary N) is 1. The maximum Gasteiger partial charge on any atom is 0.265 e. The number of carbonyl (C=O) groups is 1. The lowest BCUT2D eigenvalue weighted by Gasteiger charge is -2.05. The Morgan fingerprint density at radius 2 is 1.88 bits per heavy atom. The number of anilines is 1. The Morgan fingerprint density at radius 3 is 2.52 bits per heavy atom. The fourth-order valence-electron chi connectivity index (χ4n) is 2.28. The fraction of sp³-hybridized carbons (Fsp3) is 0.111. The van der Waals surface area contributed by atoms with Gasteiger partial charge in [0.15, 0.2) is 0 Å². The Labute approximate surface area is 148 Å². The normalized spacial score (nSPS) is 10.5. The molecule has 0 atom stereocenters. The third-order valence-corrected chi connectivity index (χ3v) is 4.53. The molecule has 25 heavy (non-hydrogen) atoms. The minimum atomic E-state index is -0.314. The number of nitrogens with zero attached hydrogens (tertiary/aromatic N) is 1. The van der Waals surface area contributed by atoms with E-state index in [1.807, 2.05) is 24.3 Å². The van der Waals surface area contributed by atoms with E-state index in [0.29, 0.717) is 16.3 Å². The van der Waals surface area contributed by atoms with Crippen LogP contribution in [0.25, 0.3) is 11.3 Å². The van der Waals surface area contributed by atoms with Crippen LogP contribution in [0.3, 0.4) is 0 Å². The van der Waals surface area contributed by atoms with Gasteiger partial charge in [-0.3, -0.25) is 4.79 Å². The summed E-state index contributed by atoms with van der Waals surface area (Å²) in [6.07, 6.45) is 0. The second-order valence-electron chi connectivity index (χ2n) is 5.31. The van der Waals surface area contributed by atoms with Crippen LogP contribution >= 0.6 is 11.5 Å². The molecule has 0 unspecified atom stereocenters. The topological polar surface area (TPSA) is 77.2 Å². The number of hydrogen-bond acceptors (Lipinski definition) is 5. The summed E-state index contributed by atoms with van der Waals surface area (Å²) in [6, 6.07) is 13.2. The average molecular weight is 357 g/mol. The first-order valence-corrected chi connectivity index (χ1v) is 8.28. The van der Waals surface area contributed by atoms with E-state index in [2.05, 4.69) is 9.69 Å². The van der Waals surface area contributed by atoms with Crippen LogP contribution in [0.15, 0.2) is 48.5 Å². The van der Waals surface area contributed by atoms with Crippen molar-refractivity contribution in [1.82, 2.24) is 9.69 Å². The van der Waals surface area contributed by atoms with Crippen molar-refractivity contribution in [2.24, 2.45) is 0 Å². The Kier molecular flexibility index (Phi) is 4.95. The number of amides is 1. The minimum Gasteiger partial charge on any atom is -0.497 e. The molecule has 0 radical (unpaired) electrons. The Hall–Kier alpha value is -2.93. The molecule has 1 heterocycles. The molecule has 1 amide bonds. The van der Waals surface area contributed by atoms with Gasteiger partial charge < -0.3 is 15.8 Å². The first-order valence-electron chi connectivity index (χ1n) is 7.50. The van der Waals surface area contributed by atoms with Gasteiger partial charge in [0.05, 0.1) is 12.8 Å². The average Bonchev–Trinajstić information content (AvgIpc) is 3.02. The quantitative estimate of drug-likeness (QED) is 0.733. The molecule has 0 fully saturated rings. The summed E-state index contributed by atoms with van der Waals surface area (Å²) >= 11 is 1.05. The summed E-state index contributed by atoms with van der Waals surface area (Å²) in [5.74, 6) is 0.111. The monoisotopic (exact) mass is 357 g/mol. The van der Waals surface area contributed by atoms with Crippen molar-refractivity contribution < 1.29 is 13.9 Å². The molecule has 7 heteroatoms. The van der Waals surface area contributed by atoms with Crippen LogP contribution in [0.1, 0.15) is 15.2 Å². The predicted molar refractivity (Wildman–Crippen MR) is 96.1 cm³/mol. The lowest BCUT2D eigenvalue weighted by molar-refractivity contribution is 0.0956. The summed E-state index contributed by atoms with van der Waals surface area (Å²) in [7, 11) is 1.59. The number of nitrogens with two attached hydrogens (primary N) is 1. The van der Waals surface area contributed by atoms with Gasteiger partial charge in [-0.25, -0.2) is 4.39 Å². The van der Waals surface area contributed by atoms with Crippen molar-refractivity contribution in [2.75, 3.05) is 12.8 Å². The van der Waals surface area contributed by atoms with Gasteiger partial charge in [0.25, 0.3) is 5.91 Å². The molecule has 0 aliphatic heterocycles. The van der Waals surface area contributed by atoms with E-state index < -0.39 is 0 Å². The van der Waals surface area contributed by atoms with Crippen molar-refractivity contribution in [2.45, 2.75) is 6.54 Å². The molecule has 0 aliphatic rings. The molecule has 3 N–H and O–H groups in total. The van der Waals surface area contributed by atoms with E-state index in [9.17, 15) is 9.18 Å². The third kappa shape index (κ3) is 3.77. The fourth-order valence-corrected chi connectivity index (χ4v) is 3.02. The smallest absolute Gasteiger partial charge is 0.265 e. The number of hydrogen-bond donors (Lipinski definition) is 2. The van der Waals surface area contributed by atoms with Crippen LogP contribution in [0.4, 0.5) is 10.1 Å². The maximum atomic E-state index is 12.9. The number of rotatable bonds is 5. The largest absolute Gasteiger partial charge is 0.497 e. The number of ether oxygens (including phenoxy) is 1. The SMILES string of the molecule is COc1ccc(-c2nsc(C(=O)NCc3ccc(F)cc3)c2N)cc1. The van der Waals surface area contributed by atoms with Gasteiger partial charge >= 0.3 is 0 Å². The lowest BCUT2D eigenvalue weighted by Crippen LogP contribution is -2.22. The molecule has 3 rings (SSSR count). The highest BCUT2D eigenvalue weighted by atomic mass is 32.1. The van der Waals surface area contributed by atoms with Crippen molar-refractivity contribution >= 4 is 23.1 Å². The second kappa shape index (κ2) is 7.31. The molecule has 0 aliphatic carbocycles. The molecular weight excluding hydrogens is 341 g/mol. The van der Waals surface area contributed by atoms with Gasteiger partial charge in [0.2, 0.25) is 0 Å². The van der Waals surface area contributed by atoms with Crippen LogP contribution < -0.4 is 15.8 Å². The van der Waals surface area contributed by atoms with E-state index in [1.165, 1.54) is 12.1 Å². The highest BCUT2D eigenvalue weighted by Crippen LogP contribution is 2.31. The van der Waals surface area contributed by atoms with Crippen LogP contribution in [-0.2, 0) is 6.54 Å². The zero-order valence-electron chi connectivity index (χ0n) is 13.5. The van der Waals surface area contributed by atoms with Crippen molar-refractivity contribution in [3.63, 3.8) is 0 Å². The molecule has 0 saturated carbocycles. The van der Waals surface area contributed by atoms with Crippen LogP contribution in [0, 0.1) is 5.82 Å². The summed E-state index contributed by atoms with van der Waals surface area (Å²) < 4.78 is 22.3. The molecule has 128 valence electrons. The molecule has 5 nitrogen and oxygen atoms in total. The number of methoxy groups -OCH3 is 1. The van der Waals surface area contributed by atoms with E-state index >= 15 is 0 Å². The van der Waals surface area contributed by atoms with Crippen molar-refractivity contribution in [3.8, 4) is 17.0 Å². The number of nitrogen functional groups attached to an aromatic ring is 1. The summed E-state index contributed by atoms with van der Waals surface area (Å²) in [5.41, 5.74) is 8.62. The summed E-state index contributed by atoms with van der Waals surface area (Å²) in [6.45, 7) is 0.286. The number of carbonyl (C=O) groups excluding carboxylic acids is 1. The molecule has 0 bridgehead atoms. The van der Waals surface area contributed by atoms with E-state index in [0.717, 1.165) is 28.4 Å². The zero-order valence-corrected chi connectivity index (χ0v) is 14.3. The Balaban J connectivity index is 1.73. The van der Waals surface area contributed by atoms with E-state index in [-0.39, 0.29) is 18.3 Å². The molecular formula is C18H16FN3O2S. The first kappa shape index (κ1) is 16.9. The van der Waals surface area contributed by atoms with Gasteiger partial charge in [-0.15, -0.1) is 0 Å². The van der Waals surface area contributed by atoms with Crippen molar-refractivity contribution in [1.29, 1.82) is 0 Å².